The van der Waals surface area contributed by atoms with Crippen LogP contribution in [0, 0.1) is 0 Å². The Kier molecular flexibility index (Phi) is 3.79. The number of hydrogen-bond acceptors (Lipinski definition) is 4. The quantitative estimate of drug-likeness (QED) is 0.714. The van der Waals surface area contributed by atoms with Crippen LogP contribution in [0.4, 0.5) is 0 Å². The molecule has 0 fully saturated rings. The Bertz CT molecular complexity index is 246. The molecule has 1 heterocycles. The molecule has 0 amide bonds. The number of aliphatic hydroxyl groups excluding tert-OH is 1. The predicted octanol–water partition coefficient (Wildman–Crippen LogP) is 0.0730. The van der Waals surface area contributed by atoms with Crippen LogP contribution in [0.2, 0.25) is 0 Å². The number of likely N-dealkylation sites (N-methyl/N-ethyl adjacent to an activating group) is 1. The van der Waals surface area contributed by atoms with Crippen LogP contribution in [0.15, 0.2) is 12.4 Å². The monoisotopic (exact) mass is 181 g/mol. The third kappa shape index (κ3) is 3.48. The maximum Gasteiger partial charge on any atom is 0.129 e. The lowest BCUT2D eigenvalue weighted by Crippen LogP contribution is -2.16. The van der Waals surface area contributed by atoms with Gasteiger partial charge in [0.2, 0.25) is 0 Å². The summed E-state index contributed by atoms with van der Waals surface area (Å²) in [6.07, 6.45) is 4.18. The van der Waals surface area contributed by atoms with Gasteiger partial charge in [-0.05, 0) is 14.1 Å². The van der Waals surface area contributed by atoms with E-state index >= 15 is 0 Å². The summed E-state index contributed by atoms with van der Waals surface area (Å²) < 4.78 is 0. The molecule has 0 aliphatic rings. The lowest BCUT2D eigenvalue weighted by molar-refractivity contribution is 0.280. The minimum Gasteiger partial charge on any atom is -0.392 e. The van der Waals surface area contributed by atoms with Crippen LogP contribution in [0.3, 0.4) is 0 Å². The molecule has 4 heteroatoms. The van der Waals surface area contributed by atoms with E-state index < -0.39 is 0 Å². The predicted molar refractivity (Wildman–Crippen MR) is 50.2 cm³/mol. The second-order valence-electron chi connectivity index (χ2n) is 3.22. The Morgan fingerprint density at radius 2 is 1.92 bits per heavy atom. The first-order valence-electron chi connectivity index (χ1n) is 4.27. The minimum absolute atomic E-state index is 0.00790. The summed E-state index contributed by atoms with van der Waals surface area (Å²) >= 11 is 0. The van der Waals surface area contributed by atoms with Crippen LogP contribution in [0.1, 0.15) is 11.4 Å². The van der Waals surface area contributed by atoms with Gasteiger partial charge in [0.25, 0.3) is 0 Å². The summed E-state index contributed by atoms with van der Waals surface area (Å²) in [7, 11) is 4.03. The molecular weight excluding hydrogens is 166 g/mol. The molecule has 1 aromatic rings. The second-order valence-corrected chi connectivity index (χ2v) is 3.22. The van der Waals surface area contributed by atoms with Gasteiger partial charge in [-0.1, -0.05) is 0 Å². The number of aliphatic hydroxyl groups is 1. The Labute approximate surface area is 78.2 Å². The third-order valence-electron chi connectivity index (χ3n) is 1.72. The average Bonchev–Trinajstić information content (AvgIpc) is 2.15. The van der Waals surface area contributed by atoms with E-state index in [-0.39, 0.29) is 6.61 Å². The molecule has 1 rings (SSSR count). The highest BCUT2D eigenvalue weighted by Crippen LogP contribution is 1.96. The van der Waals surface area contributed by atoms with Crippen molar-refractivity contribution in [3.05, 3.63) is 23.8 Å². The average molecular weight is 181 g/mol. The first-order valence-corrected chi connectivity index (χ1v) is 4.27. The highest BCUT2D eigenvalue weighted by molar-refractivity contribution is 5.03. The highest BCUT2D eigenvalue weighted by Gasteiger charge is 1.97. The van der Waals surface area contributed by atoms with E-state index in [4.69, 9.17) is 5.11 Å². The maximum atomic E-state index is 8.76. The van der Waals surface area contributed by atoms with Gasteiger partial charge < -0.3 is 10.0 Å². The third-order valence-corrected chi connectivity index (χ3v) is 1.72. The van der Waals surface area contributed by atoms with Gasteiger partial charge in [-0.25, -0.2) is 9.97 Å². The van der Waals surface area contributed by atoms with E-state index in [0.29, 0.717) is 0 Å². The summed E-state index contributed by atoms with van der Waals surface area (Å²) in [5, 5.41) is 8.76. The van der Waals surface area contributed by atoms with Gasteiger partial charge in [0.05, 0.1) is 6.61 Å². The van der Waals surface area contributed by atoms with Gasteiger partial charge in [-0.3, -0.25) is 0 Å². The molecule has 1 N–H and O–H groups in total. The van der Waals surface area contributed by atoms with E-state index in [0.717, 1.165) is 24.4 Å². The van der Waals surface area contributed by atoms with Crippen molar-refractivity contribution in [1.29, 1.82) is 0 Å². The van der Waals surface area contributed by atoms with Crippen molar-refractivity contribution in [2.45, 2.75) is 13.0 Å². The van der Waals surface area contributed by atoms with Gasteiger partial charge in [-0.2, -0.15) is 0 Å². The Morgan fingerprint density at radius 3 is 2.38 bits per heavy atom. The molecule has 0 aromatic carbocycles. The SMILES string of the molecule is CN(C)CCc1ncc(CO)cn1. The van der Waals surface area contributed by atoms with Crippen molar-refractivity contribution in [3.8, 4) is 0 Å². The zero-order valence-corrected chi connectivity index (χ0v) is 8.06. The van der Waals surface area contributed by atoms with Gasteiger partial charge >= 0.3 is 0 Å². The van der Waals surface area contributed by atoms with Crippen LogP contribution >= 0.6 is 0 Å². The number of nitrogens with zero attached hydrogens (tertiary/aromatic N) is 3. The highest BCUT2D eigenvalue weighted by atomic mass is 16.3. The maximum absolute atomic E-state index is 8.76. The van der Waals surface area contributed by atoms with Crippen LogP contribution in [0.25, 0.3) is 0 Å². The van der Waals surface area contributed by atoms with E-state index in [1.807, 2.05) is 14.1 Å². The smallest absolute Gasteiger partial charge is 0.129 e. The van der Waals surface area contributed by atoms with Crippen molar-refractivity contribution >= 4 is 0 Å². The van der Waals surface area contributed by atoms with E-state index in [1.165, 1.54) is 0 Å². The normalized spacial score (nSPS) is 10.8. The summed E-state index contributed by atoms with van der Waals surface area (Å²) in [5.74, 6) is 0.825. The molecule has 0 aliphatic carbocycles. The zero-order chi connectivity index (χ0) is 9.68. The topological polar surface area (TPSA) is 49.2 Å². The van der Waals surface area contributed by atoms with Crippen molar-refractivity contribution < 1.29 is 5.11 Å². The molecule has 0 spiro atoms. The first kappa shape index (κ1) is 10.1. The minimum atomic E-state index is 0.00790. The fraction of sp³-hybridized carbons (Fsp3) is 0.556. The molecule has 0 unspecified atom stereocenters. The van der Waals surface area contributed by atoms with Gasteiger partial charge in [0.1, 0.15) is 5.82 Å². The van der Waals surface area contributed by atoms with Crippen LogP contribution in [-0.4, -0.2) is 40.6 Å². The Balaban J connectivity index is 2.49. The largest absolute Gasteiger partial charge is 0.392 e. The number of hydrogen-bond donors (Lipinski definition) is 1. The molecule has 0 bridgehead atoms. The standard InChI is InChI=1S/C9H15N3O/c1-12(2)4-3-9-10-5-8(7-13)6-11-9/h5-6,13H,3-4,7H2,1-2H3. The van der Waals surface area contributed by atoms with Crippen molar-refractivity contribution in [2.24, 2.45) is 0 Å². The number of rotatable bonds is 4. The fourth-order valence-electron chi connectivity index (χ4n) is 0.916. The molecule has 4 nitrogen and oxygen atoms in total. The van der Waals surface area contributed by atoms with Crippen LogP contribution < -0.4 is 0 Å². The Morgan fingerprint density at radius 1 is 1.31 bits per heavy atom. The molecule has 0 aliphatic heterocycles. The van der Waals surface area contributed by atoms with E-state index in [1.54, 1.807) is 12.4 Å². The van der Waals surface area contributed by atoms with Gasteiger partial charge in [0.15, 0.2) is 0 Å². The molecule has 72 valence electrons. The van der Waals surface area contributed by atoms with Crippen LogP contribution in [0.5, 0.6) is 0 Å². The number of aromatic nitrogens is 2. The van der Waals surface area contributed by atoms with Crippen molar-refractivity contribution in [2.75, 3.05) is 20.6 Å². The zero-order valence-electron chi connectivity index (χ0n) is 8.06. The summed E-state index contributed by atoms with van der Waals surface area (Å²) in [4.78, 5) is 10.3. The van der Waals surface area contributed by atoms with Crippen molar-refractivity contribution in [1.82, 2.24) is 14.9 Å². The molecule has 0 saturated heterocycles. The van der Waals surface area contributed by atoms with E-state index in [9.17, 15) is 0 Å². The lowest BCUT2D eigenvalue weighted by Gasteiger charge is -2.07. The van der Waals surface area contributed by atoms with Gasteiger partial charge in [0, 0.05) is 30.9 Å². The molecular formula is C9H15N3O. The first-order chi connectivity index (χ1) is 6.22. The van der Waals surface area contributed by atoms with Crippen LogP contribution in [-0.2, 0) is 13.0 Å². The molecule has 1 aromatic heterocycles. The molecule has 13 heavy (non-hydrogen) atoms. The fourth-order valence-corrected chi connectivity index (χ4v) is 0.916. The molecule has 0 radical (unpaired) electrons. The summed E-state index contributed by atoms with van der Waals surface area (Å²) in [5.41, 5.74) is 0.758. The van der Waals surface area contributed by atoms with Crippen molar-refractivity contribution in [3.63, 3.8) is 0 Å². The lowest BCUT2D eigenvalue weighted by atomic mass is 10.3. The summed E-state index contributed by atoms with van der Waals surface area (Å²) in [6, 6.07) is 0. The van der Waals surface area contributed by atoms with E-state index in [2.05, 4.69) is 14.9 Å². The summed E-state index contributed by atoms with van der Waals surface area (Å²) in [6.45, 7) is 0.951. The molecule has 0 saturated carbocycles. The molecule has 0 atom stereocenters. The second kappa shape index (κ2) is 4.89. The Hall–Kier alpha value is -1.00. The van der Waals surface area contributed by atoms with Gasteiger partial charge in [-0.15, -0.1) is 0 Å².